The lowest BCUT2D eigenvalue weighted by Gasteiger charge is -2.35. The Bertz CT molecular complexity index is 208. The Morgan fingerprint density at radius 2 is 2.12 bits per heavy atom. The Balaban J connectivity index is 2.29. The molecule has 0 aromatic carbocycles. The lowest BCUT2D eigenvalue weighted by atomic mass is 10.1. The zero-order chi connectivity index (χ0) is 12.8. The van der Waals surface area contributed by atoms with E-state index < -0.39 is 0 Å². The van der Waals surface area contributed by atoms with Crippen LogP contribution in [-0.2, 0) is 4.74 Å². The van der Waals surface area contributed by atoms with Gasteiger partial charge in [-0.2, -0.15) is 0 Å². The summed E-state index contributed by atoms with van der Waals surface area (Å²) >= 11 is 0. The maximum atomic E-state index is 9.33. The molecule has 0 aromatic rings. The van der Waals surface area contributed by atoms with Crippen LogP contribution in [0.3, 0.4) is 0 Å². The number of likely N-dealkylation sites (N-methyl/N-ethyl adjacent to an activating group) is 1. The van der Waals surface area contributed by atoms with Crippen molar-refractivity contribution < 1.29 is 9.84 Å². The van der Waals surface area contributed by atoms with Crippen molar-refractivity contribution in [1.82, 2.24) is 9.80 Å². The molecule has 4 nitrogen and oxygen atoms in total. The second kappa shape index (κ2) is 7.31. The number of aliphatic hydroxyl groups is 1. The zero-order valence-electron chi connectivity index (χ0n) is 11.7. The molecule has 1 N–H and O–H groups in total. The largest absolute Gasteiger partial charge is 0.392 e. The zero-order valence-corrected chi connectivity index (χ0v) is 11.7. The molecular formula is C13H28N2O2. The van der Waals surface area contributed by atoms with Crippen LogP contribution in [0.1, 0.15) is 20.8 Å². The van der Waals surface area contributed by atoms with Gasteiger partial charge in [-0.05, 0) is 19.9 Å². The fourth-order valence-electron chi connectivity index (χ4n) is 2.45. The minimum absolute atomic E-state index is 0.268. The topological polar surface area (TPSA) is 35.9 Å². The molecule has 0 spiro atoms. The van der Waals surface area contributed by atoms with Crippen molar-refractivity contribution in [3.05, 3.63) is 0 Å². The number of hydrogen-bond donors (Lipinski definition) is 1. The van der Waals surface area contributed by atoms with Gasteiger partial charge in [0.15, 0.2) is 0 Å². The van der Waals surface area contributed by atoms with E-state index in [1.807, 2.05) is 14.0 Å². The highest BCUT2D eigenvalue weighted by molar-refractivity contribution is 4.75. The maximum Gasteiger partial charge on any atom is 0.0829 e. The van der Waals surface area contributed by atoms with Crippen LogP contribution in [0.25, 0.3) is 0 Å². The second-order valence-electron chi connectivity index (χ2n) is 5.72. The monoisotopic (exact) mass is 244 g/mol. The number of aliphatic hydroxyl groups excluding tert-OH is 1. The van der Waals surface area contributed by atoms with E-state index in [-0.39, 0.29) is 12.2 Å². The smallest absolute Gasteiger partial charge is 0.0829 e. The van der Waals surface area contributed by atoms with Crippen molar-refractivity contribution in [2.75, 3.05) is 46.4 Å². The molecule has 0 saturated carbocycles. The Morgan fingerprint density at radius 3 is 2.71 bits per heavy atom. The number of nitrogens with zero attached hydrogens (tertiary/aromatic N) is 2. The summed E-state index contributed by atoms with van der Waals surface area (Å²) in [6.45, 7) is 12.0. The van der Waals surface area contributed by atoms with E-state index in [4.69, 9.17) is 4.74 Å². The molecule has 1 aliphatic rings. The van der Waals surface area contributed by atoms with Crippen molar-refractivity contribution in [1.29, 1.82) is 0 Å². The van der Waals surface area contributed by atoms with Gasteiger partial charge in [-0.1, -0.05) is 13.8 Å². The molecule has 0 aromatic heterocycles. The molecule has 1 heterocycles. The highest BCUT2D eigenvalue weighted by atomic mass is 16.5. The van der Waals surface area contributed by atoms with Gasteiger partial charge in [-0.3, -0.25) is 4.90 Å². The maximum absolute atomic E-state index is 9.33. The summed E-state index contributed by atoms with van der Waals surface area (Å²) in [5.41, 5.74) is 0. The van der Waals surface area contributed by atoms with Gasteiger partial charge in [0.1, 0.15) is 0 Å². The average molecular weight is 244 g/mol. The molecule has 1 rings (SSSR count). The van der Waals surface area contributed by atoms with Gasteiger partial charge >= 0.3 is 0 Å². The van der Waals surface area contributed by atoms with Gasteiger partial charge in [0.25, 0.3) is 0 Å². The summed E-state index contributed by atoms with van der Waals surface area (Å²) in [5, 5.41) is 9.33. The Labute approximate surface area is 106 Å². The predicted octanol–water partition coefficient (Wildman–Crippen LogP) is 0.656. The van der Waals surface area contributed by atoms with E-state index in [2.05, 4.69) is 23.6 Å². The summed E-state index contributed by atoms with van der Waals surface area (Å²) in [4.78, 5) is 4.63. The van der Waals surface area contributed by atoms with Crippen molar-refractivity contribution in [2.24, 2.45) is 5.92 Å². The molecular weight excluding hydrogens is 216 g/mol. The molecule has 2 atom stereocenters. The van der Waals surface area contributed by atoms with Crippen molar-refractivity contribution in [2.45, 2.75) is 33.0 Å². The van der Waals surface area contributed by atoms with E-state index in [1.54, 1.807) is 0 Å². The fourth-order valence-corrected chi connectivity index (χ4v) is 2.45. The molecule has 0 bridgehead atoms. The third-order valence-electron chi connectivity index (χ3n) is 2.94. The lowest BCUT2D eigenvalue weighted by molar-refractivity contribution is -0.0460. The van der Waals surface area contributed by atoms with Gasteiger partial charge < -0.3 is 14.7 Å². The van der Waals surface area contributed by atoms with Gasteiger partial charge in [0, 0.05) is 32.7 Å². The quantitative estimate of drug-likeness (QED) is 0.744. The highest BCUT2D eigenvalue weighted by Crippen LogP contribution is 2.09. The van der Waals surface area contributed by atoms with E-state index in [9.17, 15) is 5.11 Å². The first-order chi connectivity index (χ1) is 7.97. The Hall–Kier alpha value is -0.160. The molecule has 1 aliphatic heterocycles. The third-order valence-corrected chi connectivity index (χ3v) is 2.94. The normalized spacial score (nSPS) is 24.5. The molecule has 1 fully saturated rings. The molecule has 2 unspecified atom stereocenters. The van der Waals surface area contributed by atoms with Crippen LogP contribution in [0.15, 0.2) is 0 Å². The first-order valence-electron chi connectivity index (χ1n) is 6.68. The van der Waals surface area contributed by atoms with Gasteiger partial charge in [0.2, 0.25) is 0 Å². The third kappa shape index (κ3) is 6.36. The van der Waals surface area contributed by atoms with Crippen LogP contribution in [0.4, 0.5) is 0 Å². The van der Waals surface area contributed by atoms with Crippen LogP contribution in [-0.4, -0.2) is 73.5 Å². The van der Waals surface area contributed by atoms with E-state index in [0.29, 0.717) is 12.5 Å². The van der Waals surface area contributed by atoms with Crippen LogP contribution in [0, 0.1) is 5.92 Å². The Morgan fingerprint density at radius 1 is 1.41 bits per heavy atom. The SMILES string of the molecule is CC(C)CN1CCOC(CN(C)CC(C)O)C1. The minimum atomic E-state index is -0.268. The second-order valence-corrected chi connectivity index (χ2v) is 5.72. The molecule has 4 heteroatoms. The van der Waals surface area contributed by atoms with Crippen LogP contribution >= 0.6 is 0 Å². The van der Waals surface area contributed by atoms with E-state index in [1.165, 1.54) is 0 Å². The van der Waals surface area contributed by atoms with Crippen molar-refractivity contribution >= 4 is 0 Å². The van der Waals surface area contributed by atoms with Crippen molar-refractivity contribution in [3.63, 3.8) is 0 Å². The molecule has 17 heavy (non-hydrogen) atoms. The van der Waals surface area contributed by atoms with Crippen LogP contribution in [0.5, 0.6) is 0 Å². The van der Waals surface area contributed by atoms with Gasteiger partial charge in [-0.25, -0.2) is 0 Å². The lowest BCUT2D eigenvalue weighted by Crippen LogP contribution is -2.48. The number of morpholine rings is 1. The summed E-state index contributed by atoms with van der Waals surface area (Å²) in [7, 11) is 2.04. The minimum Gasteiger partial charge on any atom is -0.392 e. The first-order valence-corrected chi connectivity index (χ1v) is 6.68. The molecule has 102 valence electrons. The summed E-state index contributed by atoms with van der Waals surface area (Å²) < 4.78 is 5.78. The van der Waals surface area contributed by atoms with Crippen LogP contribution in [0.2, 0.25) is 0 Å². The number of ether oxygens (including phenoxy) is 1. The van der Waals surface area contributed by atoms with Crippen LogP contribution < -0.4 is 0 Å². The molecule has 1 saturated heterocycles. The van der Waals surface area contributed by atoms with E-state index in [0.717, 1.165) is 32.8 Å². The number of hydrogen-bond acceptors (Lipinski definition) is 4. The summed E-state index contributed by atoms with van der Waals surface area (Å²) in [6, 6.07) is 0. The molecule has 0 radical (unpaired) electrons. The predicted molar refractivity (Wildman–Crippen MR) is 70.2 cm³/mol. The number of rotatable bonds is 6. The van der Waals surface area contributed by atoms with Gasteiger partial charge in [-0.15, -0.1) is 0 Å². The summed E-state index contributed by atoms with van der Waals surface area (Å²) in [6.07, 6.45) is 0.0154. The molecule has 0 amide bonds. The van der Waals surface area contributed by atoms with Crippen molar-refractivity contribution in [3.8, 4) is 0 Å². The van der Waals surface area contributed by atoms with E-state index >= 15 is 0 Å². The summed E-state index contributed by atoms with van der Waals surface area (Å²) in [5.74, 6) is 0.712. The molecule has 0 aliphatic carbocycles. The first kappa shape index (κ1) is 14.9. The fraction of sp³-hybridized carbons (Fsp3) is 1.00. The Kier molecular flexibility index (Phi) is 6.41. The van der Waals surface area contributed by atoms with Gasteiger partial charge in [0.05, 0.1) is 18.8 Å². The highest BCUT2D eigenvalue weighted by Gasteiger charge is 2.22. The average Bonchev–Trinajstić information content (AvgIpc) is 2.14. The standard InChI is InChI=1S/C13H28N2O2/c1-11(2)7-15-5-6-17-13(10-15)9-14(4)8-12(3)16/h11-13,16H,5-10H2,1-4H3.